The Bertz CT molecular complexity index is 568. The van der Waals surface area contributed by atoms with E-state index in [0.717, 1.165) is 12.8 Å². The number of aromatic nitrogens is 1. The van der Waals surface area contributed by atoms with Gasteiger partial charge in [-0.15, -0.1) is 0 Å². The van der Waals surface area contributed by atoms with Gasteiger partial charge in [0.2, 0.25) is 0 Å². The van der Waals surface area contributed by atoms with Gasteiger partial charge < -0.3 is 9.52 Å². The molecule has 21 heavy (non-hydrogen) atoms. The summed E-state index contributed by atoms with van der Waals surface area (Å²) in [6, 6.07) is 0. The fourth-order valence-corrected chi connectivity index (χ4v) is 4.81. The molecule has 1 saturated carbocycles. The van der Waals surface area contributed by atoms with Crippen LogP contribution in [-0.2, 0) is 15.6 Å². The molecule has 1 aromatic heterocycles. The third-order valence-corrected chi connectivity index (χ3v) is 5.94. The van der Waals surface area contributed by atoms with E-state index in [1.54, 1.807) is 0 Å². The van der Waals surface area contributed by atoms with Crippen LogP contribution < -0.4 is 0 Å². The van der Waals surface area contributed by atoms with Crippen molar-refractivity contribution in [2.45, 2.75) is 63.7 Å². The van der Waals surface area contributed by atoms with Crippen LogP contribution in [0, 0.1) is 5.92 Å². The second-order valence-corrected chi connectivity index (χ2v) is 8.82. The molecule has 1 fully saturated rings. The SMILES string of the molecule is CC1CCC(O)(CS(=O)(=O)Cc2ncoc2C(C)C)CC1. The minimum atomic E-state index is -3.41. The predicted molar refractivity (Wildman–Crippen MR) is 80.7 cm³/mol. The van der Waals surface area contributed by atoms with Crippen molar-refractivity contribution in [1.82, 2.24) is 4.98 Å². The first-order chi connectivity index (χ1) is 9.71. The molecule has 1 heterocycles. The summed E-state index contributed by atoms with van der Waals surface area (Å²) < 4.78 is 30.0. The molecule has 0 unspecified atom stereocenters. The molecule has 1 N–H and O–H groups in total. The van der Waals surface area contributed by atoms with Crippen LogP contribution in [0.5, 0.6) is 0 Å². The molecule has 0 radical (unpaired) electrons. The van der Waals surface area contributed by atoms with Gasteiger partial charge in [0.15, 0.2) is 16.2 Å². The van der Waals surface area contributed by atoms with E-state index >= 15 is 0 Å². The van der Waals surface area contributed by atoms with Crippen LogP contribution in [0.25, 0.3) is 0 Å². The fourth-order valence-electron chi connectivity index (χ4n) is 2.97. The molecule has 0 amide bonds. The maximum atomic E-state index is 12.4. The van der Waals surface area contributed by atoms with Crippen molar-refractivity contribution in [3.05, 3.63) is 17.8 Å². The summed E-state index contributed by atoms with van der Waals surface area (Å²) in [7, 11) is -3.41. The first-order valence-electron chi connectivity index (χ1n) is 7.56. The monoisotopic (exact) mass is 315 g/mol. The first-order valence-corrected chi connectivity index (χ1v) is 9.38. The average Bonchev–Trinajstić information content (AvgIpc) is 2.80. The Kier molecular flexibility index (Phi) is 4.78. The van der Waals surface area contributed by atoms with Crippen molar-refractivity contribution in [2.24, 2.45) is 5.92 Å². The van der Waals surface area contributed by atoms with E-state index < -0.39 is 15.4 Å². The van der Waals surface area contributed by atoms with Crippen molar-refractivity contribution in [2.75, 3.05) is 5.75 Å². The number of aliphatic hydroxyl groups is 1. The first kappa shape index (κ1) is 16.5. The highest BCUT2D eigenvalue weighted by Gasteiger charge is 2.37. The molecule has 5 nitrogen and oxygen atoms in total. The molecule has 1 aliphatic rings. The molecular formula is C15H25NO4S. The van der Waals surface area contributed by atoms with E-state index in [9.17, 15) is 13.5 Å². The zero-order valence-electron chi connectivity index (χ0n) is 13.0. The Morgan fingerprint density at radius 1 is 1.43 bits per heavy atom. The Balaban J connectivity index is 2.07. The van der Waals surface area contributed by atoms with Crippen LogP contribution in [0.4, 0.5) is 0 Å². The second-order valence-electron chi connectivity index (χ2n) is 6.76. The van der Waals surface area contributed by atoms with Gasteiger partial charge in [0.1, 0.15) is 5.76 Å². The van der Waals surface area contributed by atoms with E-state index in [2.05, 4.69) is 11.9 Å². The third kappa shape index (κ3) is 4.30. The zero-order valence-corrected chi connectivity index (χ0v) is 13.8. The van der Waals surface area contributed by atoms with Crippen LogP contribution in [-0.4, -0.2) is 29.9 Å². The molecule has 0 spiro atoms. The van der Waals surface area contributed by atoms with Gasteiger partial charge in [-0.25, -0.2) is 13.4 Å². The molecule has 120 valence electrons. The zero-order chi connectivity index (χ0) is 15.7. The van der Waals surface area contributed by atoms with Gasteiger partial charge in [0.05, 0.1) is 22.8 Å². The highest BCUT2D eigenvalue weighted by Crippen LogP contribution is 2.33. The summed E-state index contributed by atoms with van der Waals surface area (Å²) in [6.07, 6.45) is 4.17. The van der Waals surface area contributed by atoms with Gasteiger partial charge in [-0.3, -0.25) is 0 Å². The van der Waals surface area contributed by atoms with Crippen LogP contribution >= 0.6 is 0 Å². The van der Waals surface area contributed by atoms with Gasteiger partial charge in [-0.1, -0.05) is 20.8 Å². The topological polar surface area (TPSA) is 80.4 Å². The smallest absolute Gasteiger partial charge is 0.181 e. The van der Waals surface area contributed by atoms with Crippen LogP contribution in [0.15, 0.2) is 10.8 Å². The summed E-state index contributed by atoms with van der Waals surface area (Å²) in [4.78, 5) is 4.02. The lowest BCUT2D eigenvalue weighted by Gasteiger charge is -2.34. The van der Waals surface area contributed by atoms with Crippen molar-refractivity contribution in [3.8, 4) is 0 Å². The predicted octanol–water partition coefficient (Wildman–Crippen LogP) is 2.65. The van der Waals surface area contributed by atoms with Crippen LogP contribution in [0.1, 0.15) is 63.8 Å². The standard InChI is InChI=1S/C15H25NO4S/c1-11(2)14-13(16-10-20-14)8-21(18,19)9-15(17)6-4-12(3)5-7-15/h10-12,17H,4-9H2,1-3H3. The summed E-state index contributed by atoms with van der Waals surface area (Å²) in [5.74, 6) is 0.932. The normalized spacial score (nSPS) is 27.2. The van der Waals surface area contributed by atoms with Gasteiger partial charge in [-0.05, 0) is 31.6 Å². The van der Waals surface area contributed by atoms with Crippen LogP contribution in [0.2, 0.25) is 0 Å². The highest BCUT2D eigenvalue weighted by atomic mass is 32.2. The minimum absolute atomic E-state index is 0.0938. The molecule has 6 heteroatoms. The van der Waals surface area contributed by atoms with Gasteiger partial charge >= 0.3 is 0 Å². The van der Waals surface area contributed by atoms with Crippen molar-refractivity contribution in [1.29, 1.82) is 0 Å². The molecule has 0 bridgehead atoms. The number of sulfone groups is 1. The molecule has 1 aromatic rings. The average molecular weight is 315 g/mol. The van der Waals surface area contributed by atoms with E-state index in [1.165, 1.54) is 6.39 Å². The number of rotatable bonds is 5. The Morgan fingerprint density at radius 2 is 2.05 bits per heavy atom. The summed E-state index contributed by atoms with van der Waals surface area (Å²) >= 11 is 0. The molecular weight excluding hydrogens is 290 g/mol. The van der Waals surface area contributed by atoms with Gasteiger partial charge in [0.25, 0.3) is 0 Å². The molecule has 0 atom stereocenters. The Morgan fingerprint density at radius 3 is 2.62 bits per heavy atom. The lowest BCUT2D eigenvalue weighted by Crippen LogP contribution is -2.40. The lowest BCUT2D eigenvalue weighted by molar-refractivity contribution is 0.0135. The molecule has 0 saturated heterocycles. The van der Waals surface area contributed by atoms with E-state index in [1.807, 2.05) is 13.8 Å². The third-order valence-electron chi connectivity index (χ3n) is 4.25. The largest absolute Gasteiger partial charge is 0.448 e. The maximum absolute atomic E-state index is 12.4. The quantitative estimate of drug-likeness (QED) is 0.903. The molecule has 0 aromatic carbocycles. The Labute approximate surface area is 126 Å². The van der Waals surface area contributed by atoms with E-state index in [4.69, 9.17) is 4.42 Å². The summed E-state index contributed by atoms with van der Waals surface area (Å²) in [6.45, 7) is 6.01. The Hall–Kier alpha value is -0.880. The second kappa shape index (κ2) is 6.08. The molecule has 2 rings (SSSR count). The number of hydrogen-bond acceptors (Lipinski definition) is 5. The number of hydrogen-bond donors (Lipinski definition) is 1. The highest BCUT2D eigenvalue weighted by molar-refractivity contribution is 7.90. The summed E-state index contributed by atoms with van der Waals surface area (Å²) in [5, 5.41) is 10.5. The van der Waals surface area contributed by atoms with Gasteiger partial charge in [-0.2, -0.15) is 0 Å². The van der Waals surface area contributed by atoms with E-state index in [-0.39, 0.29) is 17.4 Å². The lowest BCUT2D eigenvalue weighted by atomic mass is 9.81. The minimum Gasteiger partial charge on any atom is -0.448 e. The number of oxazole rings is 1. The molecule has 0 aliphatic heterocycles. The molecule has 1 aliphatic carbocycles. The van der Waals surface area contributed by atoms with Crippen molar-refractivity contribution in [3.63, 3.8) is 0 Å². The fraction of sp³-hybridized carbons (Fsp3) is 0.800. The maximum Gasteiger partial charge on any atom is 0.181 e. The van der Waals surface area contributed by atoms with Crippen molar-refractivity contribution < 1.29 is 17.9 Å². The van der Waals surface area contributed by atoms with E-state index in [0.29, 0.717) is 30.2 Å². The summed E-state index contributed by atoms with van der Waals surface area (Å²) in [5.41, 5.74) is -0.606. The van der Waals surface area contributed by atoms with Crippen LogP contribution in [0.3, 0.4) is 0 Å². The number of nitrogens with zero attached hydrogens (tertiary/aromatic N) is 1. The van der Waals surface area contributed by atoms with Crippen molar-refractivity contribution >= 4 is 9.84 Å². The van der Waals surface area contributed by atoms with Gasteiger partial charge in [0, 0.05) is 5.92 Å².